The fourth-order valence-electron chi connectivity index (χ4n) is 12.6. The highest BCUT2D eigenvalue weighted by Crippen LogP contribution is 2.44. The molecule has 87 heavy (non-hydrogen) atoms. The van der Waals surface area contributed by atoms with Gasteiger partial charge in [-0.1, -0.05) is 55.6 Å². The number of hydrogen-bond acceptors (Lipinski definition) is 16. The highest BCUT2D eigenvalue weighted by molar-refractivity contribution is 7.90. The molecule has 3 aliphatic heterocycles. The lowest BCUT2D eigenvalue weighted by Gasteiger charge is -2.39. The average Bonchev–Trinajstić information content (AvgIpc) is 1.82. The third-order valence-corrected chi connectivity index (χ3v) is 19.1. The topological polar surface area (TPSA) is 270 Å². The van der Waals surface area contributed by atoms with Crippen LogP contribution in [0.25, 0.3) is 16.6 Å². The van der Waals surface area contributed by atoms with Gasteiger partial charge in [0.15, 0.2) is 0 Å². The van der Waals surface area contributed by atoms with Crippen LogP contribution in [0, 0.1) is 21.4 Å². The molecule has 5 heterocycles. The fraction of sp³-hybridized carbons (Fsp3) is 0.406. The van der Waals surface area contributed by atoms with E-state index in [4.69, 9.17) is 16.3 Å². The Morgan fingerprint density at radius 1 is 0.851 bits per heavy atom. The first kappa shape index (κ1) is 60.5. The van der Waals surface area contributed by atoms with E-state index in [1.165, 1.54) is 41.1 Å². The molecule has 5 aliphatic rings. The molecule has 23 heteroatoms. The normalized spacial score (nSPS) is 19.9. The average molecular weight is 1220 g/mol. The number of rotatable bonds is 22. The van der Waals surface area contributed by atoms with E-state index in [1.54, 1.807) is 42.6 Å². The van der Waals surface area contributed by atoms with Gasteiger partial charge in [0.05, 0.1) is 32.7 Å². The molecule has 1 saturated carbocycles. The van der Waals surface area contributed by atoms with Crippen LogP contribution < -0.4 is 35.6 Å². The number of fused-ring (bicyclic) bond motifs is 2. The van der Waals surface area contributed by atoms with E-state index < -0.39 is 61.1 Å². The maximum Gasteiger partial charge on any atom is 0.293 e. The molecule has 0 bridgehead atoms. The van der Waals surface area contributed by atoms with E-state index in [1.807, 2.05) is 18.2 Å². The number of aromatic amines is 1. The number of nitrogens with zero attached hydrogens (tertiary/aromatic N) is 5. The van der Waals surface area contributed by atoms with Crippen molar-refractivity contribution in [1.82, 2.24) is 35.1 Å². The molecular weight excluding hydrogens is 1150 g/mol. The van der Waals surface area contributed by atoms with Crippen LogP contribution in [0.3, 0.4) is 0 Å². The number of piperidine rings is 1. The number of imide groups is 2. The smallest absolute Gasteiger partial charge is 0.293 e. The number of carbonyl (C=O) groups excluding carboxylic acids is 5. The molecule has 1 unspecified atom stereocenters. The third-order valence-electron chi connectivity index (χ3n) is 17.5. The summed E-state index contributed by atoms with van der Waals surface area (Å²) >= 11 is 6.27. The van der Waals surface area contributed by atoms with Crippen molar-refractivity contribution in [2.75, 3.05) is 67.9 Å². The molecule has 456 valence electrons. The lowest BCUT2D eigenvalue weighted by atomic mass is 9.72. The minimum atomic E-state index is -4.63. The first-order valence-electron chi connectivity index (χ1n) is 30.0. The number of benzene rings is 4. The molecule has 1 atom stereocenters. The third kappa shape index (κ3) is 14.0. The van der Waals surface area contributed by atoms with Gasteiger partial charge in [-0.3, -0.25) is 49.2 Å². The molecule has 4 aromatic carbocycles. The SMILES string of the molecule is CC1(C)CCC(CN2CCN(c3ccc(C(=O)NS(=O)(=O)c4ccc(NC[C@H]5CC[C@@H](NCCCCCNc6cccc7c6C(=O)N(C6CCC(=O)NC6=O)C7=O)CC5)c([N+](=O)[O-])c4)c(Oc4cnc5[nH]ccc5c4)c3)CC2)=C(c2ccc(Cl)cc2)C1. The van der Waals surface area contributed by atoms with E-state index in [9.17, 15) is 42.5 Å². The predicted molar refractivity (Wildman–Crippen MR) is 333 cm³/mol. The molecule has 2 aliphatic carbocycles. The number of sulfonamides is 1. The molecule has 11 rings (SSSR count). The van der Waals surface area contributed by atoms with Crippen molar-refractivity contribution in [2.45, 2.75) is 108 Å². The van der Waals surface area contributed by atoms with Gasteiger partial charge in [-0.15, -0.1) is 0 Å². The van der Waals surface area contributed by atoms with Crippen LogP contribution in [0.15, 0.2) is 114 Å². The summed E-state index contributed by atoms with van der Waals surface area (Å²) in [6.45, 7) is 10.4. The summed E-state index contributed by atoms with van der Waals surface area (Å²) in [4.78, 5) is 89.5. The Bertz CT molecular complexity index is 3780. The van der Waals surface area contributed by atoms with Crippen molar-refractivity contribution in [2.24, 2.45) is 11.3 Å². The van der Waals surface area contributed by atoms with Gasteiger partial charge >= 0.3 is 0 Å². The van der Waals surface area contributed by atoms with Crippen LogP contribution >= 0.6 is 11.6 Å². The van der Waals surface area contributed by atoms with Gasteiger partial charge < -0.3 is 30.6 Å². The minimum absolute atomic E-state index is 0.0522. The minimum Gasteiger partial charge on any atom is -0.455 e. The number of pyridine rings is 1. The van der Waals surface area contributed by atoms with E-state index in [2.05, 4.69) is 71.7 Å². The van der Waals surface area contributed by atoms with Crippen molar-refractivity contribution in [3.63, 3.8) is 0 Å². The molecule has 2 aromatic heterocycles. The van der Waals surface area contributed by atoms with Gasteiger partial charge in [0.1, 0.15) is 28.9 Å². The van der Waals surface area contributed by atoms with Crippen LogP contribution in [0.5, 0.6) is 11.5 Å². The van der Waals surface area contributed by atoms with Gasteiger partial charge in [-0.25, -0.2) is 18.1 Å². The van der Waals surface area contributed by atoms with Crippen molar-refractivity contribution in [3.05, 3.63) is 146 Å². The number of aromatic nitrogens is 2. The van der Waals surface area contributed by atoms with Crippen molar-refractivity contribution in [1.29, 1.82) is 0 Å². The van der Waals surface area contributed by atoms with E-state index in [0.29, 0.717) is 54.3 Å². The van der Waals surface area contributed by atoms with E-state index >= 15 is 0 Å². The Balaban J connectivity index is 0.659. The second-order valence-corrected chi connectivity index (χ2v) is 26.3. The summed E-state index contributed by atoms with van der Waals surface area (Å²) in [5, 5.41) is 26.3. The second-order valence-electron chi connectivity index (χ2n) is 24.1. The number of halogens is 1. The number of allylic oxidation sites excluding steroid dienone is 1. The Labute approximate surface area is 510 Å². The molecule has 2 saturated heterocycles. The largest absolute Gasteiger partial charge is 0.455 e. The van der Waals surface area contributed by atoms with Crippen LogP contribution in [0.2, 0.25) is 5.02 Å². The molecule has 5 amide bonds. The molecule has 0 radical (unpaired) electrons. The van der Waals surface area contributed by atoms with Gasteiger partial charge in [-0.2, -0.15) is 0 Å². The number of H-pyrrole nitrogens is 1. The van der Waals surface area contributed by atoms with Crippen LogP contribution in [0.4, 0.5) is 22.7 Å². The quantitative estimate of drug-likeness (QED) is 0.0160. The Morgan fingerprint density at radius 3 is 2.40 bits per heavy atom. The lowest BCUT2D eigenvalue weighted by molar-refractivity contribution is -0.384. The van der Waals surface area contributed by atoms with E-state index in [-0.39, 0.29) is 52.3 Å². The standard InChI is InChI=1S/C64H72ClN11O10S/c1-64(2)25-23-43(51(36-64)41-11-13-44(65)14-12-41)39-73-29-31-74(32-30-73)46-17-19-49(56(34-46)86-47-33-42-24-28-68-59(42)70-38-47)60(78)72-87(84,85)48-18-20-52(55(35-48)76(82)83)69-37-40-9-15-45(16-10-40)66-26-4-3-5-27-67-53-8-6-7-50-58(53)63(81)75(62(50)80)54-21-22-57(77)71-61(54)79/h6-8,11-14,17-20,24,28,33-35,38,40,45,54,66-67,69H,3-5,9-10,15-16,21-23,25-27,29-32,36-37,39H2,1-2H3,(H,68,70)(H,72,78)(H,71,77,79)/t40-,45+,54?. The first-order chi connectivity index (χ1) is 41.9. The van der Waals surface area contributed by atoms with Crippen molar-refractivity contribution >= 4 is 90.5 Å². The number of anilines is 3. The number of unbranched alkanes of at least 4 members (excludes halogenated alkanes) is 2. The zero-order chi connectivity index (χ0) is 61.0. The van der Waals surface area contributed by atoms with Gasteiger partial charge in [0.25, 0.3) is 33.4 Å². The number of ether oxygens (including phenoxy) is 1. The number of nitro benzene ring substituents is 1. The molecule has 21 nitrogen and oxygen atoms in total. The Hall–Kier alpha value is -8.18. The van der Waals surface area contributed by atoms with Crippen LogP contribution in [0.1, 0.15) is 128 Å². The number of piperazine rings is 1. The molecular formula is C64H72ClN11O10S. The summed E-state index contributed by atoms with van der Waals surface area (Å²) in [5.41, 5.74) is 6.38. The molecule has 6 aromatic rings. The Morgan fingerprint density at radius 2 is 1.63 bits per heavy atom. The zero-order valence-electron chi connectivity index (χ0n) is 48.8. The summed E-state index contributed by atoms with van der Waals surface area (Å²) < 4.78 is 36.5. The number of amides is 5. The molecule has 0 spiro atoms. The highest BCUT2D eigenvalue weighted by Gasteiger charge is 2.46. The number of nitrogens with one attached hydrogen (secondary N) is 6. The predicted octanol–water partition coefficient (Wildman–Crippen LogP) is 10.1. The maximum absolute atomic E-state index is 14.2. The lowest BCUT2D eigenvalue weighted by Crippen LogP contribution is -2.54. The first-order valence-corrected chi connectivity index (χ1v) is 31.8. The summed E-state index contributed by atoms with van der Waals surface area (Å²) in [7, 11) is -4.63. The highest BCUT2D eigenvalue weighted by atomic mass is 35.5. The van der Waals surface area contributed by atoms with Gasteiger partial charge in [-0.05, 0) is 154 Å². The van der Waals surface area contributed by atoms with Gasteiger partial charge in [0, 0.05) is 98.4 Å². The number of carbonyl (C=O) groups is 5. The fourth-order valence-corrected chi connectivity index (χ4v) is 13.8. The monoisotopic (exact) mass is 1220 g/mol. The van der Waals surface area contributed by atoms with Crippen molar-refractivity contribution in [3.8, 4) is 11.5 Å². The molecule has 3 fully saturated rings. The van der Waals surface area contributed by atoms with Gasteiger partial charge in [0.2, 0.25) is 11.8 Å². The maximum atomic E-state index is 14.2. The zero-order valence-corrected chi connectivity index (χ0v) is 50.4. The second kappa shape index (κ2) is 26.0. The van der Waals surface area contributed by atoms with Crippen LogP contribution in [-0.2, 0) is 19.6 Å². The summed E-state index contributed by atoms with van der Waals surface area (Å²) in [5.74, 6) is -2.47. The molecule has 6 N–H and O–H groups in total. The van der Waals surface area contributed by atoms with Crippen LogP contribution in [-0.4, -0.2) is 127 Å². The number of hydrogen-bond donors (Lipinski definition) is 6. The summed E-state index contributed by atoms with van der Waals surface area (Å²) in [6.07, 6.45) is 12.8. The van der Waals surface area contributed by atoms with E-state index in [0.717, 1.165) is 112 Å². The van der Waals surface area contributed by atoms with Crippen molar-refractivity contribution < 1.29 is 42.1 Å². The number of nitro groups is 1. The Kier molecular flexibility index (Phi) is 18.1. The summed E-state index contributed by atoms with van der Waals surface area (Å²) in [6, 6.07) is 24.7.